The molecule has 0 saturated heterocycles. The van der Waals surface area contributed by atoms with Crippen LogP contribution in [0.2, 0.25) is 0 Å². The molecule has 0 aromatic heterocycles. The van der Waals surface area contributed by atoms with Crippen LogP contribution >= 0.6 is 0 Å². The minimum atomic E-state index is 0.497. The molecule has 0 rings (SSSR count). The molecule has 0 fully saturated rings. The lowest BCUT2D eigenvalue weighted by atomic mass is 10.6. The molecule has 0 spiro atoms. The molecule has 7 nitrogen and oxygen atoms in total. The number of hydrogen-bond donors (Lipinski definition) is 2. The van der Waals surface area contributed by atoms with Gasteiger partial charge in [0.15, 0.2) is 0 Å². The first-order valence-electron chi connectivity index (χ1n) is 6.10. The minimum absolute atomic E-state index is 0.497. The van der Waals surface area contributed by atoms with E-state index >= 15 is 0 Å². The van der Waals surface area contributed by atoms with Crippen molar-refractivity contribution in [2.45, 2.75) is 0 Å². The van der Waals surface area contributed by atoms with Gasteiger partial charge in [0.05, 0.1) is 52.9 Å². The first-order valence-corrected chi connectivity index (χ1v) is 6.10. The Kier molecular flexibility index (Phi) is 15.6. The lowest BCUT2D eigenvalue weighted by Gasteiger charge is -2.07. The van der Waals surface area contributed by atoms with Gasteiger partial charge in [-0.1, -0.05) is 0 Å². The van der Waals surface area contributed by atoms with E-state index in [1.165, 1.54) is 0 Å². The van der Waals surface area contributed by atoms with E-state index in [2.05, 4.69) is 5.32 Å². The summed E-state index contributed by atoms with van der Waals surface area (Å²) in [5.74, 6) is 0. The number of hydrogen-bond acceptors (Lipinski definition) is 6. The zero-order valence-corrected chi connectivity index (χ0v) is 10.8. The van der Waals surface area contributed by atoms with Gasteiger partial charge in [-0.15, -0.1) is 0 Å². The second-order valence-corrected chi connectivity index (χ2v) is 3.31. The van der Waals surface area contributed by atoms with E-state index < -0.39 is 0 Å². The molecule has 0 unspecified atom stereocenters. The molecule has 0 aromatic carbocycles. The van der Waals surface area contributed by atoms with Crippen molar-refractivity contribution in [2.75, 3.05) is 65.9 Å². The Morgan fingerprint density at radius 2 is 1.22 bits per heavy atom. The molecule has 1 amide bonds. The third kappa shape index (κ3) is 15.3. The lowest BCUT2D eigenvalue weighted by Crippen LogP contribution is -2.19. The predicted molar refractivity (Wildman–Crippen MR) is 66.4 cm³/mol. The van der Waals surface area contributed by atoms with Crippen LogP contribution in [0.5, 0.6) is 0 Å². The number of amides is 1. The van der Waals surface area contributed by atoms with Gasteiger partial charge in [0.2, 0.25) is 6.41 Å². The van der Waals surface area contributed by atoms with Crippen molar-refractivity contribution in [1.29, 1.82) is 0 Å². The summed E-state index contributed by atoms with van der Waals surface area (Å²) in [5, 5.41) is 2.50. The number of rotatable bonds is 15. The maximum atomic E-state index is 9.90. The fourth-order valence-corrected chi connectivity index (χ4v) is 1.04. The molecule has 0 aliphatic carbocycles. The van der Waals surface area contributed by atoms with Crippen molar-refractivity contribution in [3.8, 4) is 0 Å². The lowest BCUT2D eigenvalue weighted by molar-refractivity contribution is -0.109. The standard InChI is InChI=1S/C11H24N2O5/c12-1-3-15-5-7-17-9-10-18-8-6-16-4-2-13-11-14/h11H,1-10,12H2,(H,13,14). The van der Waals surface area contributed by atoms with Crippen LogP contribution in [0.15, 0.2) is 0 Å². The number of ether oxygens (including phenoxy) is 4. The number of nitrogens with two attached hydrogens (primary N) is 1. The van der Waals surface area contributed by atoms with Crippen LogP contribution in [-0.4, -0.2) is 72.4 Å². The quantitative estimate of drug-likeness (QED) is 0.284. The molecular formula is C11H24N2O5. The smallest absolute Gasteiger partial charge is 0.207 e. The van der Waals surface area contributed by atoms with Gasteiger partial charge in [0, 0.05) is 13.1 Å². The molecule has 0 aliphatic heterocycles. The average molecular weight is 264 g/mol. The molecule has 0 heterocycles. The molecule has 18 heavy (non-hydrogen) atoms. The van der Waals surface area contributed by atoms with E-state index in [1.807, 2.05) is 0 Å². The van der Waals surface area contributed by atoms with E-state index in [9.17, 15) is 4.79 Å². The molecule has 0 aliphatic rings. The van der Waals surface area contributed by atoms with E-state index in [0.717, 1.165) is 0 Å². The largest absolute Gasteiger partial charge is 0.378 e. The SMILES string of the molecule is NCCOCCOCCOCCOCCNC=O. The Morgan fingerprint density at radius 3 is 1.67 bits per heavy atom. The van der Waals surface area contributed by atoms with Crippen molar-refractivity contribution >= 4 is 6.41 Å². The van der Waals surface area contributed by atoms with Crippen molar-refractivity contribution in [1.82, 2.24) is 5.32 Å². The van der Waals surface area contributed by atoms with Gasteiger partial charge >= 0.3 is 0 Å². The third-order valence-electron chi connectivity index (χ3n) is 1.85. The van der Waals surface area contributed by atoms with Gasteiger partial charge in [-0.25, -0.2) is 0 Å². The Bertz CT molecular complexity index is 172. The highest BCUT2D eigenvalue weighted by atomic mass is 16.6. The summed E-state index contributed by atoms with van der Waals surface area (Å²) in [6, 6.07) is 0. The first kappa shape index (κ1) is 17.3. The predicted octanol–water partition coefficient (Wildman–Crippen LogP) is -1.24. The van der Waals surface area contributed by atoms with Crippen LogP contribution in [0.1, 0.15) is 0 Å². The van der Waals surface area contributed by atoms with E-state index in [1.54, 1.807) is 0 Å². The minimum Gasteiger partial charge on any atom is -0.378 e. The van der Waals surface area contributed by atoms with E-state index in [0.29, 0.717) is 72.4 Å². The van der Waals surface area contributed by atoms with Crippen molar-refractivity contribution < 1.29 is 23.7 Å². The number of nitrogens with one attached hydrogen (secondary N) is 1. The van der Waals surface area contributed by atoms with Crippen LogP contribution < -0.4 is 11.1 Å². The summed E-state index contributed by atoms with van der Waals surface area (Å²) in [4.78, 5) is 9.90. The molecule has 0 radical (unpaired) electrons. The summed E-state index contributed by atoms with van der Waals surface area (Å²) in [7, 11) is 0. The van der Waals surface area contributed by atoms with Crippen molar-refractivity contribution in [2.24, 2.45) is 5.73 Å². The topological polar surface area (TPSA) is 92.0 Å². The molecule has 108 valence electrons. The van der Waals surface area contributed by atoms with E-state index in [-0.39, 0.29) is 0 Å². The Morgan fingerprint density at radius 1 is 0.778 bits per heavy atom. The van der Waals surface area contributed by atoms with E-state index in [4.69, 9.17) is 24.7 Å². The molecule has 0 atom stereocenters. The number of carbonyl (C=O) groups excluding carboxylic acids is 1. The fraction of sp³-hybridized carbons (Fsp3) is 0.909. The summed E-state index contributed by atoms with van der Waals surface area (Å²) in [6.45, 7) is 5.34. The zero-order chi connectivity index (χ0) is 13.3. The highest BCUT2D eigenvalue weighted by Crippen LogP contribution is 1.82. The van der Waals surface area contributed by atoms with Crippen LogP contribution in [0.3, 0.4) is 0 Å². The Hall–Kier alpha value is -0.730. The van der Waals surface area contributed by atoms with Gasteiger partial charge in [0.25, 0.3) is 0 Å². The van der Waals surface area contributed by atoms with Gasteiger partial charge in [0.1, 0.15) is 0 Å². The van der Waals surface area contributed by atoms with Crippen LogP contribution in [0, 0.1) is 0 Å². The Balaban J connectivity index is 2.88. The molecule has 0 bridgehead atoms. The summed E-state index contributed by atoms with van der Waals surface area (Å²) >= 11 is 0. The highest BCUT2D eigenvalue weighted by Gasteiger charge is 1.92. The third-order valence-corrected chi connectivity index (χ3v) is 1.85. The molecule has 7 heteroatoms. The van der Waals surface area contributed by atoms with Crippen molar-refractivity contribution in [3.05, 3.63) is 0 Å². The van der Waals surface area contributed by atoms with Gasteiger partial charge in [-0.2, -0.15) is 0 Å². The van der Waals surface area contributed by atoms with Gasteiger partial charge in [-0.3, -0.25) is 4.79 Å². The zero-order valence-electron chi connectivity index (χ0n) is 10.8. The maximum Gasteiger partial charge on any atom is 0.207 e. The van der Waals surface area contributed by atoms with Crippen LogP contribution in [0.4, 0.5) is 0 Å². The Labute approximate surface area is 108 Å². The average Bonchev–Trinajstić information content (AvgIpc) is 2.39. The first-order chi connectivity index (χ1) is 8.91. The maximum absolute atomic E-state index is 9.90. The fourth-order valence-electron chi connectivity index (χ4n) is 1.04. The molecule has 0 aromatic rings. The summed E-state index contributed by atoms with van der Waals surface area (Å²) in [5.41, 5.74) is 5.26. The molecular weight excluding hydrogens is 240 g/mol. The van der Waals surface area contributed by atoms with Crippen LogP contribution in [-0.2, 0) is 23.7 Å². The van der Waals surface area contributed by atoms with Gasteiger partial charge in [-0.05, 0) is 0 Å². The normalized spacial score (nSPS) is 10.5. The number of carbonyl (C=O) groups is 1. The van der Waals surface area contributed by atoms with Crippen LogP contribution in [0.25, 0.3) is 0 Å². The summed E-state index contributed by atoms with van der Waals surface area (Å²) in [6.07, 6.45) is 0.647. The molecule has 0 saturated carbocycles. The monoisotopic (exact) mass is 264 g/mol. The molecule has 3 N–H and O–H groups in total. The highest BCUT2D eigenvalue weighted by molar-refractivity contribution is 5.45. The second kappa shape index (κ2) is 16.3. The van der Waals surface area contributed by atoms with Gasteiger partial charge < -0.3 is 30.0 Å². The summed E-state index contributed by atoms with van der Waals surface area (Å²) < 4.78 is 20.8. The van der Waals surface area contributed by atoms with Crippen molar-refractivity contribution in [3.63, 3.8) is 0 Å². The second-order valence-electron chi connectivity index (χ2n) is 3.31.